The minimum Gasteiger partial charge on any atom is -0.478 e. The van der Waals surface area contributed by atoms with Crippen LogP contribution < -0.4 is 5.32 Å². The molecule has 0 spiro atoms. The van der Waals surface area contributed by atoms with E-state index in [-0.39, 0.29) is 11.8 Å². The van der Waals surface area contributed by atoms with Crippen LogP contribution in [0.15, 0.2) is 30.3 Å². The molecule has 1 aromatic rings. The van der Waals surface area contributed by atoms with E-state index in [1.54, 1.807) is 12.1 Å². The Morgan fingerprint density at radius 3 is 2.52 bits per heavy atom. The molecular weight excluding hydrogens is 266 g/mol. The molecule has 1 aliphatic carbocycles. The van der Waals surface area contributed by atoms with Gasteiger partial charge in [0.25, 0.3) is 0 Å². The summed E-state index contributed by atoms with van der Waals surface area (Å²) in [4.78, 5) is 22.8. The first-order chi connectivity index (χ1) is 10.1. The highest BCUT2D eigenvalue weighted by atomic mass is 16.4. The lowest BCUT2D eigenvalue weighted by atomic mass is 9.99. The number of nitrogens with one attached hydrogen (secondary N) is 1. The maximum absolute atomic E-state index is 12.3. The Kier molecular flexibility index (Phi) is 5.55. The summed E-state index contributed by atoms with van der Waals surface area (Å²) in [7, 11) is 0. The molecule has 2 rings (SSSR count). The molecule has 1 saturated carbocycles. The Hall–Kier alpha value is -2.10. The second-order valence-electron chi connectivity index (χ2n) is 5.47. The number of aliphatic carboxylic acids is 1. The van der Waals surface area contributed by atoms with Crippen LogP contribution in [0.1, 0.15) is 44.1 Å². The molecule has 0 atom stereocenters. The predicted octanol–water partition coefficient (Wildman–Crippen LogP) is 3.69. The molecule has 2 N–H and O–H groups in total. The summed E-state index contributed by atoms with van der Waals surface area (Å²) in [6, 6.07) is 7.23. The van der Waals surface area contributed by atoms with Gasteiger partial charge >= 0.3 is 5.97 Å². The van der Waals surface area contributed by atoms with Gasteiger partial charge in [-0.05, 0) is 36.6 Å². The zero-order valence-corrected chi connectivity index (χ0v) is 12.0. The summed E-state index contributed by atoms with van der Waals surface area (Å²) in [5, 5.41) is 11.6. The number of carboxylic acid groups (broad SMARTS) is 1. The average Bonchev–Trinajstić information content (AvgIpc) is 2.74. The van der Waals surface area contributed by atoms with Crippen LogP contribution in [0.5, 0.6) is 0 Å². The monoisotopic (exact) mass is 287 g/mol. The molecule has 1 aliphatic rings. The Morgan fingerprint density at radius 2 is 1.86 bits per heavy atom. The largest absolute Gasteiger partial charge is 0.478 e. The van der Waals surface area contributed by atoms with E-state index in [1.165, 1.54) is 18.9 Å². The number of hydrogen-bond acceptors (Lipinski definition) is 2. The highest BCUT2D eigenvalue weighted by molar-refractivity contribution is 5.93. The summed E-state index contributed by atoms with van der Waals surface area (Å²) >= 11 is 0. The van der Waals surface area contributed by atoms with Crippen molar-refractivity contribution >= 4 is 23.6 Å². The van der Waals surface area contributed by atoms with Crippen LogP contribution in [0.4, 0.5) is 5.69 Å². The summed E-state index contributed by atoms with van der Waals surface area (Å²) < 4.78 is 0. The van der Waals surface area contributed by atoms with Gasteiger partial charge in [-0.25, -0.2) is 4.79 Å². The van der Waals surface area contributed by atoms with Crippen molar-refractivity contribution in [2.75, 3.05) is 5.32 Å². The Morgan fingerprint density at radius 1 is 1.14 bits per heavy atom. The van der Waals surface area contributed by atoms with Gasteiger partial charge in [-0.15, -0.1) is 0 Å². The van der Waals surface area contributed by atoms with Crippen molar-refractivity contribution in [3.63, 3.8) is 0 Å². The predicted molar refractivity (Wildman–Crippen MR) is 82.9 cm³/mol. The summed E-state index contributed by atoms with van der Waals surface area (Å²) in [6.07, 6.45) is 9.22. The van der Waals surface area contributed by atoms with E-state index in [0.717, 1.165) is 43.0 Å². The van der Waals surface area contributed by atoms with Gasteiger partial charge in [-0.1, -0.05) is 37.8 Å². The van der Waals surface area contributed by atoms with Crippen LogP contribution in [0.25, 0.3) is 6.08 Å². The molecule has 1 amide bonds. The van der Waals surface area contributed by atoms with Crippen molar-refractivity contribution < 1.29 is 14.7 Å². The first kappa shape index (κ1) is 15.3. The molecule has 112 valence electrons. The molecule has 0 radical (unpaired) electrons. The highest BCUT2D eigenvalue weighted by Crippen LogP contribution is 2.24. The SMILES string of the molecule is O=C(O)/C=C/c1cccc(NC(=O)C2CCCCCC2)c1. The molecule has 0 aliphatic heterocycles. The van der Waals surface area contributed by atoms with E-state index in [0.29, 0.717) is 0 Å². The smallest absolute Gasteiger partial charge is 0.328 e. The third-order valence-corrected chi connectivity index (χ3v) is 3.80. The van der Waals surface area contributed by atoms with E-state index >= 15 is 0 Å². The van der Waals surface area contributed by atoms with Gasteiger partial charge in [0.05, 0.1) is 0 Å². The Labute approximate surface area is 124 Å². The maximum atomic E-state index is 12.3. The van der Waals surface area contributed by atoms with Crippen LogP contribution in [0, 0.1) is 5.92 Å². The lowest BCUT2D eigenvalue weighted by Crippen LogP contribution is -2.22. The first-order valence-electron chi connectivity index (χ1n) is 7.47. The van der Waals surface area contributed by atoms with Gasteiger partial charge in [0.2, 0.25) is 5.91 Å². The minimum absolute atomic E-state index is 0.0799. The number of anilines is 1. The molecular formula is C17H21NO3. The van der Waals surface area contributed by atoms with Crippen molar-refractivity contribution in [1.29, 1.82) is 0 Å². The van der Waals surface area contributed by atoms with Gasteiger partial charge in [0.1, 0.15) is 0 Å². The number of carbonyl (C=O) groups excluding carboxylic acids is 1. The Balaban J connectivity index is 1.99. The van der Waals surface area contributed by atoms with E-state index in [4.69, 9.17) is 5.11 Å². The molecule has 0 aromatic heterocycles. The second kappa shape index (κ2) is 7.62. The molecule has 0 unspecified atom stereocenters. The fraction of sp³-hybridized carbons (Fsp3) is 0.412. The fourth-order valence-corrected chi connectivity index (χ4v) is 2.67. The molecule has 4 heteroatoms. The zero-order valence-electron chi connectivity index (χ0n) is 12.0. The summed E-state index contributed by atoms with van der Waals surface area (Å²) in [6.45, 7) is 0. The normalized spacial score (nSPS) is 16.6. The van der Waals surface area contributed by atoms with E-state index in [2.05, 4.69) is 5.32 Å². The number of carbonyl (C=O) groups is 2. The van der Waals surface area contributed by atoms with Crippen LogP contribution >= 0.6 is 0 Å². The molecule has 0 heterocycles. The van der Waals surface area contributed by atoms with Crippen LogP contribution in [-0.4, -0.2) is 17.0 Å². The third-order valence-electron chi connectivity index (χ3n) is 3.80. The topological polar surface area (TPSA) is 66.4 Å². The lowest BCUT2D eigenvalue weighted by Gasteiger charge is -2.14. The van der Waals surface area contributed by atoms with E-state index < -0.39 is 5.97 Å². The summed E-state index contributed by atoms with van der Waals surface area (Å²) in [5.74, 6) is -0.801. The lowest BCUT2D eigenvalue weighted by molar-refractivity contribution is -0.131. The highest BCUT2D eigenvalue weighted by Gasteiger charge is 2.19. The fourth-order valence-electron chi connectivity index (χ4n) is 2.67. The van der Waals surface area contributed by atoms with E-state index in [1.807, 2.05) is 12.1 Å². The van der Waals surface area contributed by atoms with Gasteiger partial charge in [-0.2, -0.15) is 0 Å². The quantitative estimate of drug-likeness (QED) is 0.655. The van der Waals surface area contributed by atoms with Gasteiger partial charge < -0.3 is 10.4 Å². The third kappa shape index (κ3) is 5.06. The molecule has 1 fully saturated rings. The number of benzene rings is 1. The number of amides is 1. The number of hydrogen-bond donors (Lipinski definition) is 2. The van der Waals surface area contributed by atoms with Crippen molar-refractivity contribution in [2.45, 2.75) is 38.5 Å². The molecule has 0 saturated heterocycles. The van der Waals surface area contributed by atoms with Crippen molar-refractivity contribution in [1.82, 2.24) is 0 Å². The second-order valence-corrected chi connectivity index (χ2v) is 5.47. The standard InChI is InChI=1S/C17H21NO3/c19-16(20)11-10-13-6-5-9-15(12-13)18-17(21)14-7-3-1-2-4-8-14/h5-6,9-12,14H,1-4,7-8H2,(H,18,21)(H,19,20)/b11-10+. The first-order valence-corrected chi connectivity index (χ1v) is 7.47. The van der Waals surface area contributed by atoms with E-state index in [9.17, 15) is 9.59 Å². The molecule has 1 aromatic carbocycles. The van der Waals surface area contributed by atoms with Crippen molar-refractivity contribution in [3.8, 4) is 0 Å². The van der Waals surface area contributed by atoms with Crippen molar-refractivity contribution in [3.05, 3.63) is 35.9 Å². The van der Waals surface area contributed by atoms with Gasteiger partial charge in [0, 0.05) is 17.7 Å². The molecule has 21 heavy (non-hydrogen) atoms. The summed E-state index contributed by atoms with van der Waals surface area (Å²) in [5.41, 5.74) is 1.48. The number of carboxylic acids is 1. The van der Waals surface area contributed by atoms with Gasteiger partial charge in [0.15, 0.2) is 0 Å². The van der Waals surface area contributed by atoms with Crippen LogP contribution in [0.3, 0.4) is 0 Å². The molecule has 4 nitrogen and oxygen atoms in total. The van der Waals surface area contributed by atoms with Gasteiger partial charge in [-0.3, -0.25) is 4.79 Å². The Bertz CT molecular complexity index is 529. The van der Waals surface area contributed by atoms with Crippen molar-refractivity contribution in [2.24, 2.45) is 5.92 Å². The average molecular weight is 287 g/mol. The zero-order chi connectivity index (χ0) is 15.1. The molecule has 0 bridgehead atoms. The van der Waals surface area contributed by atoms with Crippen LogP contribution in [-0.2, 0) is 9.59 Å². The number of rotatable bonds is 4. The minimum atomic E-state index is -0.983. The maximum Gasteiger partial charge on any atom is 0.328 e. The van der Waals surface area contributed by atoms with Crippen LogP contribution in [0.2, 0.25) is 0 Å².